The summed E-state index contributed by atoms with van der Waals surface area (Å²) in [7, 11) is 4.74. The second kappa shape index (κ2) is 7.68. The summed E-state index contributed by atoms with van der Waals surface area (Å²) in [6.45, 7) is 8.45. The molecule has 3 aliphatic rings. The molecular formula is C26H33NO5. The van der Waals surface area contributed by atoms with Crippen LogP contribution in [0.15, 0.2) is 34.7 Å². The molecule has 0 spiro atoms. The lowest BCUT2D eigenvalue weighted by atomic mass is 9.64. The van der Waals surface area contributed by atoms with E-state index in [4.69, 9.17) is 14.2 Å². The normalized spacial score (nSPS) is 22.2. The van der Waals surface area contributed by atoms with E-state index in [2.05, 4.69) is 33.0 Å². The van der Waals surface area contributed by atoms with E-state index in [0.29, 0.717) is 41.2 Å². The number of benzene rings is 1. The fourth-order valence-electron chi connectivity index (χ4n) is 5.48. The minimum absolute atomic E-state index is 0.0785. The van der Waals surface area contributed by atoms with Crippen LogP contribution in [0.3, 0.4) is 0 Å². The third-order valence-electron chi connectivity index (χ3n) is 6.77. The average Bonchev–Trinajstić information content (AvgIpc) is 2.69. The maximum absolute atomic E-state index is 13.5. The van der Waals surface area contributed by atoms with Gasteiger partial charge in [0.25, 0.3) is 0 Å². The molecule has 1 aromatic rings. The number of carbonyl (C=O) groups excluding carboxylic acids is 2. The van der Waals surface area contributed by atoms with E-state index in [0.717, 1.165) is 29.8 Å². The number of ketones is 2. The van der Waals surface area contributed by atoms with Crippen molar-refractivity contribution in [1.82, 2.24) is 5.32 Å². The van der Waals surface area contributed by atoms with Gasteiger partial charge >= 0.3 is 0 Å². The highest BCUT2D eigenvalue weighted by Crippen LogP contribution is 2.53. The second-order valence-electron chi connectivity index (χ2n) is 10.7. The van der Waals surface area contributed by atoms with Crippen LogP contribution in [0.1, 0.15) is 64.9 Å². The minimum atomic E-state index is -0.483. The van der Waals surface area contributed by atoms with Gasteiger partial charge in [0.05, 0.1) is 21.3 Å². The fourth-order valence-corrected chi connectivity index (χ4v) is 5.48. The molecular weight excluding hydrogens is 406 g/mol. The van der Waals surface area contributed by atoms with Crippen molar-refractivity contribution in [2.75, 3.05) is 21.3 Å². The van der Waals surface area contributed by atoms with E-state index in [-0.39, 0.29) is 22.4 Å². The molecule has 6 nitrogen and oxygen atoms in total. The van der Waals surface area contributed by atoms with Crippen molar-refractivity contribution in [3.8, 4) is 17.2 Å². The van der Waals surface area contributed by atoms with E-state index in [1.165, 1.54) is 0 Å². The summed E-state index contributed by atoms with van der Waals surface area (Å²) in [5, 5.41) is 3.54. The van der Waals surface area contributed by atoms with Crippen LogP contribution in [0.5, 0.6) is 17.2 Å². The molecule has 0 radical (unpaired) electrons. The van der Waals surface area contributed by atoms with Crippen LogP contribution in [0.2, 0.25) is 0 Å². The third kappa shape index (κ3) is 3.70. The molecule has 0 bridgehead atoms. The SMILES string of the molecule is COc1cc(OC)c(C2C3=C(CC(C)(C)CC3=O)NC3=C2C(=O)CC(C)(C)C3)cc1OC. The van der Waals surface area contributed by atoms with Crippen molar-refractivity contribution in [3.05, 3.63) is 40.2 Å². The molecule has 0 saturated heterocycles. The second-order valence-corrected chi connectivity index (χ2v) is 10.7. The number of hydrogen-bond acceptors (Lipinski definition) is 6. The molecule has 6 heteroatoms. The maximum atomic E-state index is 13.5. The molecule has 0 saturated carbocycles. The van der Waals surface area contributed by atoms with Gasteiger partial charge in [-0.05, 0) is 29.7 Å². The highest BCUT2D eigenvalue weighted by Gasteiger charge is 2.47. The van der Waals surface area contributed by atoms with Gasteiger partial charge in [-0.2, -0.15) is 0 Å². The van der Waals surface area contributed by atoms with Gasteiger partial charge in [0, 0.05) is 52.9 Å². The summed E-state index contributed by atoms with van der Waals surface area (Å²) in [4.78, 5) is 27.0. The van der Waals surface area contributed by atoms with Crippen LogP contribution in [0, 0.1) is 10.8 Å². The van der Waals surface area contributed by atoms with E-state index >= 15 is 0 Å². The summed E-state index contributed by atoms with van der Waals surface area (Å²) < 4.78 is 16.7. The Morgan fingerprint density at radius 2 is 1.16 bits per heavy atom. The lowest BCUT2D eigenvalue weighted by Gasteiger charge is -2.44. The first-order valence-corrected chi connectivity index (χ1v) is 11.1. The predicted octanol–water partition coefficient (Wildman–Crippen LogP) is 4.69. The Balaban J connectivity index is 1.99. The van der Waals surface area contributed by atoms with E-state index < -0.39 is 5.92 Å². The Morgan fingerprint density at radius 3 is 1.59 bits per heavy atom. The van der Waals surface area contributed by atoms with Crippen LogP contribution in [0.4, 0.5) is 0 Å². The van der Waals surface area contributed by atoms with E-state index in [1.54, 1.807) is 27.4 Å². The Morgan fingerprint density at radius 1 is 0.719 bits per heavy atom. The Labute approximate surface area is 190 Å². The summed E-state index contributed by atoms with van der Waals surface area (Å²) in [5.74, 6) is 1.33. The molecule has 32 heavy (non-hydrogen) atoms. The topological polar surface area (TPSA) is 73.9 Å². The summed E-state index contributed by atoms with van der Waals surface area (Å²) in [6.07, 6.45) is 2.40. The number of methoxy groups -OCH3 is 3. The monoisotopic (exact) mass is 439 g/mol. The van der Waals surface area contributed by atoms with Gasteiger partial charge in [-0.3, -0.25) is 9.59 Å². The van der Waals surface area contributed by atoms with E-state index in [1.807, 2.05) is 6.07 Å². The molecule has 0 fully saturated rings. The van der Waals surface area contributed by atoms with Crippen molar-refractivity contribution in [2.24, 2.45) is 10.8 Å². The van der Waals surface area contributed by atoms with Gasteiger partial charge in [0.2, 0.25) is 0 Å². The first-order valence-electron chi connectivity index (χ1n) is 11.1. The van der Waals surface area contributed by atoms with Crippen LogP contribution in [0.25, 0.3) is 0 Å². The van der Waals surface area contributed by atoms with Gasteiger partial charge in [-0.1, -0.05) is 27.7 Å². The quantitative estimate of drug-likeness (QED) is 0.734. The lowest BCUT2D eigenvalue weighted by molar-refractivity contribution is -0.119. The third-order valence-corrected chi connectivity index (χ3v) is 6.77. The molecule has 1 aromatic carbocycles. The Hall–Kier alpha value is -2.76. The molecule has 4 rings (SSSR count). The zero-order valence-corrected chi connectivity index (χ0v) is 20.1. The number of allylic oxidation sites excluding steroid dienone is 4. The summed E-state index contributed by atoms with van der Waals surface area (Å²) in [5.41, 5.74) is 3.70. The van der Waals surface area contributed by atoms with E-state index in [9.17, 15) is 9.59 Å². The highest BCUT2D eigenvalue weighted by molar-refractivity contribution is 6.07. The smallest absolute Gasteiger partial charge is 0.164 e. The zero-order chi connectivity index (χ0) is 23.4. The van der Waals surface area contributed by atoms with Gasteiger partial charge < -0.3 is 19.5 Å². The van der Waals surface area contributed by atoms with Crippen molar-refractivity contribution in [1.29, 1.82) is 0 Å². The molecule has 0 aromatic heterocycles. The molecule has 0 amide bonds. The molecule has 1 N–H and O–H groups in total. The number of hydrogen-bond donors (Lipinski definition) is 1. The molecule has 1 aliphatic heterocycles. The lowest BCUT2D eigenvalue weighted by Crippen LogP contribution is -2.42. The van der Waals surface area contributed by atoms with Crippen LogP contribution < -0.4 is 19.5 Å². The average molecular weight is 440 g/mol. The van der Waals surface area contributed by atoms with Crippen molar-refractivity contribution < 1.29 is 23.8 Å². The van der Waals surface area contributed by atoms with Crippen LogP contribution in [-0.2, 0) is 9.59 Å². The van der Waals surface area contributed by atoms with Gasteiger partial charge in [-0.15, -0.1) is 0 Å². The number of rotatable bonds is 4. The highest BCUT2D eigenvalue weighted by atomic mass is 16.5. The van der Waals surface area contributed by atoms with Gasteiger partial charge in [0.15, 0.2) is 23.1 Å². The van der Waals surface area contributed by atoms with Crippen molar-refractivity contribution in [3.63, 3.8) is 0 Å². The van der Waals surface area contributed by atoms with Gasteiger partial charge in [-0.25, -0.2) is 0 Å². The summed E-state index contributed by atoms with van der Waals surface area (Å²) in [6, 6.07) is 3.62. The maximum Gasteiger partial charge on any atom is 0.164 e. The predicted molar refractivity (Wildman–Crippen MR) is 122 cm³/mol. The fraction of sp³-hybridized carbons (Fsp3) is 0.538. The molecule has 2 aliphatic carbocycles. The largest absolute Gasteiger partial charge is 0.496 e. The Kier molecular flexibility index (Phi) is 5.38. The number of carbonyl (C=O) groups is 2. The Bertz CT molecular complexity index is 1010. The zero-order valence-electron chi connectivity index (χ0n) is 20.1. The number of nitrogens with one attached hydrogen (secondary N) is 1. The standard InChI is InChI=1S/C26H33NO5/c1-25(2)10-15-23(17(28)12-25)22(24-16(27-15)11-26(3,4)13-18(24)29)14-8-20(31-6)21(32-7)9-19(14)30-5/h8-9,22,27H,10-13H2,1-7H3. The summed E-state index contributed by atoms with van der Waals surface area (Å²) >= 11 is 0. The van der Waals surface area contributed by atoms with Crippen LogP contribution >= 0.6 is 0 Å². The number of dihydropyridines is 1. The first kappa shape index (κ1) is 22.4. The molecule has 0 unspecified atom stereocenters. The van der Waals surface area contributed by atoms with Gasteiger partial charge in [0.1, 0.15) is 5.75 Å². The number of Topliss-reactive ketones (excluding diaryl/α,β-unsaturated/α-hetero) is 2. The van der Waals surface area contributed by atoms with Crippen LogP contribution in [-0.4, -0.2) is 32.9 Å². The van der Waals surface area contributed by atoms with Crippen molar-refractivity contribution >= 4 is 11.6 Å². The number of ether oxygens (including phenoxy) is 3. The van der Waals surface area contributed by atoms with Crippen molar-refractivity contribution in [2.45, 2.75) is 59.3 Å². The minimum Gasteiger partial charge on any atom is -0.496 e. The molecule has 1 heterocycles. The first-order chi connectivity index (χ1) is 15.0. The molecule has 172 valence electrons. The molecule has 0 atom stereocenters.